The average molecular weight is 301 g/mol. The van der Waals surface area contributed by atoms with Crippen molar-refractivity contribution in [2.24, 2.45) is 0 Å². The summed E-state index contributed by atoms with van der Waals surface area (Å²) in [5.41, 5.74) is 1.63. The van der Waals surface area contributed by atoms with E-state index in [-0.39, 0.29) is 12.3 Å². The minimum Gasteiger partial charge on any atom is -0.482 e. The van der Waals surface area contributed by atoms with Gasteiger partial charge in [-0.15, -0.1) is 0 Å². The maximum Gasteiger partial charge on any atom is 0.349 e. The first-order valence-electron chi connectivity index (χ1n) is 6.61. The molecule has 0 spiro atoms. The van der Waals surface area contributed by atoms with E-state index in [0.717, 1.165) is 5.56 Å². The Morgan fingerprint density at radius 2 is 1.82 bits per heavy atom. The lowest BCUT2D eigenvalue weighted by Gasteiger charge is -2.09. The van der Waals surface area contributed by atoms with Crippen molar-refractivity contribution in [2.75, 3.05) is 6.61 Å². The van der Waals surface area contributed by atoms with Gasteiger partial charge in [-0.1, -0.05) is 17.7 Å². The minimum absolute atomic E-state index is 0.0212. The van der Waals surface area contributed by atoms with Gasteiger partial charge < -0.3 is 9.47 Å². The van der Waals surface area contributed by atoms with Gasteiger partial charge in [-0.25, -0.2) is 4.79 Å². The Hall–Kier alpha value is -2.89. The van der Waals surface area contributed by atoms with Crippen LogP contribution in [-0.4, -0.2) is 17.5 Å². The summed E-state index contributed by atoms with van der Waals surface area (Å²) >= 11 is 0. The maximum absolute atomic E-state index is 11.7. The Labute approximate surface area is 127 Å². The predicted molar refractivity (Wildman–Crippen MR) is 80.1 cm³/mol. The van der Waals surface area contributed by atoms with Crippen molar-refractivity contribution in [1.82, 2.24) is 0 Å². The molecule has 2 aromatic rings. The molecule has 0 aliphatic carbocycles. The lowest BCUT2D eigenvalue weighted by atomic mass is 10.2. The molecule has 0 atom stereocenters. The first kappa shape index (κ1) is 15.5. The molecule has 0 N–H and O–H groups in total. The molecule has 0 amide bonds. The molecule has 22 heavy (non-hydrogen) atoms. The maximum atomic E-state index is 11.7. The minimum atomic E-state index is -0.540. The number of benzene rings is 2. The van der Waals surface area contributed by atoms with Gasteiger partial charge >= 0.3 is 5.97 Å². The van der Waals surface area contributed by atoms with E-state index in [9.17, 15) is 14.9 Å². The molecule has 0 bridgehead atoms. The van der Waals surface area contributed by atoms with Crippen molar-refractivity contribution in [2.45, 2.75) is 13.8 Å². The summed E-state index contributed by atoms with van der Waals surface area (Å²) in [6.45, 7) is 3.34. The normalized spacial score (nSPS) is 10.1. The van der Waals surface area contributed by atoms with E-state index in [1.54, 1.807) is 19.1 Å². The number of non-ortho nitro benzene ring substituents is 1. The van der Waals surface area contributed by atoms with Crippen LogP contribution in [0.4, 0.5) is 5.69 Å². The number of hydrogen-bond acceptors (Lipinski definition) is 5. The van der Waals surface area contributed by atoms with Gasteiger partial charge in [0.25, 0.3) is 5.69 Å². The summed E-state index contributed by atoms with van der Waals surface area (Å²) in [5.74, 6) is 0.313. The van der Waals surface area contributed by atoms with E-state index >= 15 is 0 Å². The zero-order valence-corrected chi connectivity index (χ0v) is 12.2. The van der Waals surface area contributed by atoms with Crippen LogP contribution < -0.4 is 9.47 Å². The molecule has 0 saturated carbocycles. The fourth-order valence-corrected chi connectivity index (χ4v) is 1.81. The Balaban J connectivity index is 1.93. The van der Waals surface area contributed by atoms with Crippen LogP contribution >= 0.6 is 0 Å². The molecular weight excluding hydrogens is 286 g/mol. The molecule has 0 aliphatic heterocycles. The van der Waals surface area contributed by atoms with Crippen LogP contribution in [0.15, 0.2) is 42.5 Å². The van der Waals surface area contributed by atoms with Gasteiger partial charge in [0, 0.05) is 12.1 Å². The van der Waals surface area contributed by atoms with Crippen LogP contribution in [0.1, 0.15) is 11.1 Å². The summed E-state index contributed by atoms with van der Waals surface area (Å²) in [7, 11) is 0. The Bertz CT molecular complexity index is 694. The number of aryl methyl sites for hydroxylation is 2. The topological polar surface area (TPSA) is 78.7 Å². The Morgan fingerprint density at radius 1 is 1.14 bits per heavy atom. The highest BCUT2D eigenvalue weighted by Crippen LogP contribution is 2.23. The molecule has 6 heteroatoms. The van der Waals surface area contributed by atoms with Crippen LogP contribution in [0.25, 0.3) is 0 Å². The first-order chi connectivity index (χ1) is 10.5. The molecule has 0 saturated heterocycles. The molecule has 0 aromatic heterocycles. The quantitative estimate of drug-likeness (QED) is 0.367. The summed E-state index contributed by atoms with van der Waals surface area (Å²) < 4.78 is 10.5. The van der Waals surface area contributed by atoms with Gasteiger partial charge in [0.2, 0.25) is 0 Å². The van der Waals surface area contributed by atoms with Crippen molar-refractivity contribution < 1.29 is 19.2 Å². The second kappa shape index (κ2) is 6.71. The third kappa shape index (κ3) is 4.05. The standard InChI is InChI=1S/C16H15NO5/c1-11-3-6-14(7-4-11)22-16(18)10-21-15-8-5-13(17(19)20)9-12(15)2/h3-9H,10H2,1-2H3. The molecule has 0 fully saturated rings. The highest BCUT2D eigenvalue weighted by Gasteiger charge is 2.11. The van der Waals surface area contributed by atoms with E-state index in [4.69, 9.17) is 9.47 Å². The average Bonchev–Trinajstić information content (AvgIpc) is 2.48. The molecule has 0 unspecified atom stereocenters. The van der Waals surface area contributed by atoms with Gasteiger partial charge in [-0.3, -0.25) is 10.1 Å². The van der Waals surface area contributed by atoms with Gasteiger partial charge in [0.05, 0.1) is 4.92 Å². The lowest BCUT2D eigenvalue weighted by molar-refractivity contribution is -0.384. The van der Waals surface area contributed by atoms with E-state index < -0.39 is 10.9 Å². The predicted octanol–water partition coefficient (Wildman–Crippen LogP) is 3.20. The summed E-state index contributed by atoms with van der Waals surface area (Å²) in [6.07, 6.45) is 0. The van der Waals surface area contributed by atoms with E-state index in [1.165, 1.54) is 18.2 Å². The van der Waals surface area contributed by atoms with E-state index in [1.807, 2.05) is 19.1 Å². The number of hydrogen-bond donors (Lipinski definition) is 0. The molecular formula is C16H15NO5. The number of carbonyl (C=O) groups excluding carboxylic acids is 1. The molecule has 0 radical (unpaired) electrons. The zero-order valence-electron chi connectivity index (χ0n) is 12.2. The molecule has 114 valence electrons. The van der Waals surface area contributed by atoms with Gasteiger partial charge in [0.1, 0.15) is 11.5 Å². The van der Waals surface area contributed by atoms with Crippen LogP contribution in [-0.2, 0) is 4.79 Å². The summed E-state index contributed by atoms with van der Waals surface area (Å²) in [5, 5.41) is 10.6. The number of nitrogens with zero attached hydrogens (tertiary/aromatic N) is 1. The highest BCUT2D eigenvalue weighted by molar-refractivity contribution is 5.74. The van der Waals surface area contributed by atoms with Gasteiger partial charge in [0.15, 0.2) is 6.61 Å². The van der Waals surface area contributed by atoms with Crippen LogP contribution in [0.2, 0.25) is 0 Å². The smallest absolute Gasteiger partial charge is 0.349 e. The summed E-state index contributed by atoms with van der Waals surface area (Å²) in [4.78, 5) is 21.9. The molecule has 0 aliphatic rings. The largest absolute Gasteiger partial charge is 0.482 e. The van der Waals surface area contributed by atoms with Crippen molar-refractivity contribution in [3.8, 4) is 11.5 Å². The fourth-order valence-electron chi connectivity index (χ4n) is 1.81. The first-order valence-corrected chi connectivity index (χ1v) is 6.61. The van der Waals surface area contributed by atoms with Crippen molar-refractivity contribution in [1.29, 1.82) is 0 Å². The number of carbonyl (C=O) groups is 1. The van der Waals surface area contributed by atoms with Gasteiger partial charge in [-0.2, -0.15) is 0 Å². The second-order valence-corrected chi connectivity index (χ2v) is 4.78. The third-order valence-corrected chi connectivity index (χ3v) is 2.97. The highest BCUT2D eigenvalue weighted by atomic mass is 16.6. The van der Waals surface area contributed by atoms with Crippen molar-refractivity contribution >= 4 is 11.7 Å². The Kier molecular flexibility index (Phi) is 4.73. The SMILES string of the molecule is Cc1ccc(OC(=O)COc2ccc([N+](=O)[O-])cc2C)cc1. The number of esters is 1. The van der Waals surface area contributed by atoms with E-state index in [0.29, 0.717) is 17.1 Å². The number of nitro groups is 1. The number of nitro benzene ring substituents is 1. The fraction of sp³-hybridized carbons (Fsp3) is 0.188. The lowest BCUT2D eigenvalue weighted by Crippen LogP contribution is -2.18. The monoisotopic (exact) mass is 301 g/mol. The Morgan fingerprint density at radius 3 is 2.41 bits per heavy atom. The summed E-state index contributed by atoms with van der Waals surface area (Å²) in [6, 6.07) is 11.3. The number of ether oxygens (including phenoxy) is 2. The zero-order chi connectivity index (χ0) is 16.1. The molecule has 2 aromatic carbocycles. The van der Waals surface area contributed by atoms with E-state index in [2.05, 4.69) is 0 Å². The van der Waals surface area contributed by atoms with Crippen molar-refractivity contribution in [3.63, 3.8) is 0 Å². The van der Waals surface area contributed by atoms with Crippen molar-refractivity contribution in [3.05, 3.63) is 63.7 Å². The number of rotatable bonds is 5. The molecule has 2 rings (SSSR count). The van der Waals surface area contributed by atoms with Crippen LogP contribution in [0.3, 0.4) is 0 Å². The second-order valence-electron chi connectivity index (χ2n) is 4.78. The molecule has 0 heterocycles. The molecule has 6 nitrogen and oxygen atoms in total. The van der Waals surface area contributed by atoms with Gasteiger partial charge in [-0.05, 0) is 37.6 Å². The van der Waals surface area contributed by atoms with Crippen LogP contribution in [0, 0.1) is 24.0 Å². The third-order valence-electron chi connectivity index (χ3n) is 2.97. The van der Waals surface area contributed by atoms with Crippen LogP contribution in [0.5, 0.6) is 11.5 Å².